The largest absolute Gasteiger partial charge is 0.493 e. The standard InChI is InChI=1S/C17H14N4O3/c22-14(10-18-16(23)11-6-2-1-3-7-11)20-21-15-12-8-4-5-9-13(12)19-17(15)24/h1-9,19,24H,10H2,(H,18,23). The van der Waals surface area contributed by atoms with Crippen LogP contribution in [0.15, 0.2) is 64.8 Å². The topological polar surface area (TPSA) is 107 Å². The van der Waals surface area contributed by atoms with Gasteiger partial charge < -0.3 is 15.4 Å². The van der Waals surface area contributed by atoms with Gasteiger partial charge in [0.25, 0.3) is 11.8 Å². The van der Waals surface area contributed by atoms with Crippen molar-refractivity contribution < 1.29 is 14.7 Å². The summed E-state index contributed by atoms with van der Waals surface area (Å²) in [5.41, 5.74) is 1.33. The second-order valence-corrected chi connectivity index (χ2v) is 5.01. The number of nitrogens with zero attached hydrogens (tertiary/aromatic N) is 2. The number of azo groups is 1. The predicted molar refractivity (Wildman–Crippen MR) is 88.3 cm³/mol. The van der Waals surface area contributed by atoms with Gasteiger partial charge in [-0.15, -0.1) is 10.2 Å². The summed E-state index contributed by atoms with van der Waals surface area (Å²) < 4.78 is 0. The monoisotopic (exact) mass is 322 g/mol. The van der Waals surface area contributed by atoms with E-state index < -0.39 is 5.91 Å². The highest BCUT2D eigenvalue weighted by Gasteiger charge is 2.11. The number of aromatic nitrogens is 1. The van der Waals surface area contributed by atoms with E-state index >= 15 is 0 Å². The van der Waals surface area contributed by atoms with Crippen LogP contribution in [0.4, 0.5) is 5.69 Å². The minimum Gasteiger partial charge on any atom is -0.493 e. The van der Waals surface area contributed by atoms with Gasteiger partial charge in [0.05, 0.1) is 5.52 Å². The first kappa shape index (κ1) is 15.4. The molecule has 7 heteroatoms. The number of H-pyrrole nitrogens is 1. The molecule has 0 saturated heterocycles. The Kier molecular flexibility index (Phi) is 4.33. The third-order valence-electron chi connectivity index (χ3n) is 3.36. The number of rotatable bonds is 4. The molecule has 3 rings (SSSR count). The van der Waals surface area contributed by atoms with E-state index in [-0.39, 0.29) is 24.0 Å². The number of aromatic amines is 1. The lowest BCUT2D eigenvalue weighted by atomic mass is 10.2. The van der Waals surface area contributed by atoms with Gasteiger partial charge in [0, 0.05) is 10.9 Å². The van der Waals surface area contributed by atoms with Crippen LogP contribution in [-0.2, 0) is 4.79 Å². The van der Waals surface area contributed by atoms with Gasteiger partial charge >= 0.3 is 0 Å². The molecule has 0 bridgehead atoms. The molecule has 1 aromatic heterocycles. The van der Waals surface area contributed by atoms with E-state index in [2.05, 4.69) is 20.5 Å². The number of para-hydroxylation sites is 1. The SMILES string of the molecule is O=C(CNC(=O)c1ccccc1)N=Nc1c(O)[nH]c2ccccc12. The van der Waals surface area contributed by atoms with Gasteiger partial charge in [0.2, 0.25) is 5.88 Å². The Hall–Kier alpha value is -3.48. The number of hydrogen-bond acceptors (Lipinski definition) is 4. The predicted octanol–water partition coefficient (Wildman–Crippen LogP) is 2.91. The molecule has 0 aliphatic rings. The van der Waals surface area contributed by atoms with E-state index in [1.165, 1.54) is 0 Å². The maximum Gasteiger partial charge on any atom is 0.283 e. The molecule has 0 unspecified atom stereocenters. The minimum atomic E-state index is -0.621. The Morgan fingerprint density at radius 2 is 1.75 bits per heavy atom. The van der Waals surface area contributed by atoms with Gasteiger partial charge in [-0.3, -0.25) is 9.59 Å². The molecule has 0 radical (unpaired) electrons. The normalized spacial score (nSPS) is 11.0. The zero-order chi connectivity index (χ0) is 16.9. The zero-order valence-electron chi connectivity index (χ0n) is 12.6. The Labute approximate surface area is 137 Å². The average molecular weight is 322 g/mol. The maximum absolute atomic E-state index is 11.8. The molecule has 1 heterocycles. The molecule has 2 amide bonds. The fraction of sp³-hybridized carbons (Fsp3) is 0.0588. The quantitative estimate of drug-likeness (QED) is 0.643. The number of nitrogens with one attached hydrogen (secondary N) is 2. The van der Waals surface area contributed by atoms with Crippen molar-refractivity contribution in [2.45, 2.75) is 0 Å². The number of hydrogen-bond donors (Lipinski definition) is 3. The third-order valence-corrected chi connectivity index (χ3v) is 3.36. The molecule has 0 aliphatic heterocycles. The van der Waals surface area contributed by atoms with Crippen molar-refractivity contribution in [1.82, 2.24) is 10.3 Å². The van der Waals surface area contributed by atoms with Crippen LogP contribution in [0.25, 0.3) is 10.9 Å². The fourth-order valence-corrected chi connectivity index (χ4v) is 2.20. The van der Waals surface area contributed by atoms with Gasteiger partial charge in [0.15, 0.2) is 5.69 Å². The van der Waals surface area contributed by atoms with E-state index in [0.717, 1.165) is 0 Å². The van der Waals surface area contributed by atoms with Gasteiger partial charge in [-0.05, 0) is 18.2 Å². The first-order chi connectivity index (χ1) is 11.6. The molecule has 2 aromatic carbocycles. The number of carbonyl (C=O) groups excluding carboxylic acids is 2. The summed E-state index contributed by atoms with van der Waals surface area (Å²) in [7, 11) is 0. The Balaban J connectivity index is 1.65. The molecule has 7 nitrogen and oxygen atoms in total. The second kappa shape index (κ2) is 6.74. The van der Waals surface area contributed by atoms with Gasteiger partial charge in [-0.25, -0.2) is 0 Å². The first-order valence-electron chi connectivity index (χ1n) is 7.22. The number of amides is 2. The molecule has 0 fully saturated rings. The van der Waals surface area contributed by atoms with Crippen LogP contribution in [0.5, 0.6) is 5.88 Å². The molecule has 3 N–H and O–H groups in total. The van der Waals surface area contributed by atoms with E-state index in [9.17, 15) is 14.7 Å². The number of benzene rings is 2. The van der Waals surface area contributed by atoms with Crippen molar-refractivity contribution in [2.75, 3.05) is 6.54 Å². The smallest absolute Gasteiger partial charge is 0.283 e. The number of fused-ring (bicyclic) bond motifs is 1. The fourth-order valence-electron chi connectivity index (χ4n) is 2.20. The average Bonchev–Trinajstić information content (AvgIpc) is 2.93. The summed E-state index contributed by atoms with van der Waals surface area (Å²) in [5.74, 6) is -1.15. The van der Waals surface area contributed by atoms with Crippen molar-refractivity contribution in [3.05, 3.63) is 60.2 Å². The first-order valence-corrected chi connectivity index (χ1v) is 7.22. The number of carbonyl (C=O) groups is 2. The third kappa shape index (κ3) is 3.30. The van der Waals surface area contributed by atoms with Crippen molar-refractivity contribution in [1.29, 1.82) is 0 Å². The highest BCUT2D eigenvalue weighted by molar-refractivity contribution is 5.97. The zero-order valence-corrected chi connectivity index (χ0v) is 12.6. The van der Waals surface area contributed by atoms with Crippen LogP contribution in [0, 0.1) is 0 Å². The maximum atomic E-state index is 11.8. The Morgan fingerprint density at radius 3 is 2.54 bits per heavy atom. The lowest BCUT2D eigenvalue weighted by Gasteiger charge is -2.01. The van der Waals surface area contributed by atoms with Gasteiger partial charge in [0.1, 0.15) is 6.54 Å². The van der Waals surface area contributed by atoms with E-state index in [1.54, 1.807) is 48.5 Å². The number of aromatic hydroxyl groups is 1. The van der Waals surface area contributed by atoms with Crippen LogP contribution < -0.4 is 5.32 Å². The van der Waals surface area contributed by atoms with E-state index in [4.69, 9.17) is 0 Å². The second-order valence-electron chi connectivity index (χ2n) is 5.01. The Bertz CT molecular complexity index is 916. The Morgan fingerprint density at radius 1 is 1.04 bits per heavy atom. The van der Waals surface area contributed by atoms with Crippen molar-refractivity contribution >= 4 is 28.4 Å². The highest BCUT2D eigenvalue weighted by atomic mass is 16.3. The van der Waals surface area contributed by atoms with E-state index in [0.29, 0.717) is 16.5 Å². The summed E-state index contributed by atoms with van der Waals surface area (Å²) in [6.45, 7) is -0.277. The van der Waals surface area contributed by atoms with Crippen LogP contribution in [0.3, 0.4) is 0 Å². The lowest BCUT2D eigenvalue weighted by Crippen LogP contribution is -2.28. The van der Waals surface area contributed by atoms with Gasteiger partial charge in [-0.1, -0.05) is 36.4 Å². The molecule has 0 saturated carbocycles. The van der Waals surface area contributed by atoms with Crippen molar-refractivity contribution in [3.8, 4) is 5.88 Å². The molecular weight excluding hydrogens is 308 g/mol. The van der Waals surface area contributed by atoms with Crippen molar-refractivity contribution in [2.24, 2.45) is 10.2 Å². The summed E-state index contributed by atoms with van der Waals surface area (Å²) in [5, 5.41) is 20.3. The summed E-state index contributed by atoms with van der Waals surface area (Å²) in [6, 6.07) is 15.7. The van der Waals surface area contributed by atoms with Crippen molar-refractivity contribution in [3.63, 3.8) is 0 Å². The van der Waals surface area contributed by atoms with Gasteiger partial charge in [-0.2, -0.15) is 0 Å². The molecule has 0 atom stereocenters. The van der Waals surface area contributed by atoms with Crippen LogP contribution in [0.2, 0.25) is 0 Å². The molecule has 24 heavy (non-hydrogen) atoms. The van der Waals surface area contributed by atoms with E-state index in [1.807, 2.05) is 6.07 Å². The summed E-state index contributed by atoms with van der Waals surface area (Å²) in [4.78, 5) is 26.3. The molecule has 3 aromatic rings. The highest BCUT2D eigenvalue weighted by Crippen LogP contribution is 2.35. The molecule has 0 spiro atoms. The van der Waals surface area contributed by atoms with Crippen LogP contribution in [0.1, 0.15) is 10.4 Å². The van der Waals surface area contributed by atoms with Crippen LogP contribution in [-0.4, -0.2) is 28.4 Å². The molecular formula is C17H14N4O3. The summed E-state index contributed by atoms with van der Waals surface area (Å²) >= 11 is 0. The lowest BCUT2D eigenvalue weighted by molar-refractivity contribution is -0.117. The molecule has 0 aliphatic carbocycles. The van der Waals surface area contributed by atoms with Crippen LogP contribution >= 0.6 is 0 Å². The minimum absolute atomic E-state index is 0.166. The molecule has 120 valence electrons. The summed E-state index contributed by atoms with van der Waals surface area (Å²) in [6.07, 6.45) is 0.